The molecule has 0 bridgehead atoms. The fraction of sp³-hybridized carbons (Fsp3) is 0.250. The second-order valence-electron chi connectivity index (χ2n) is 2.50. The van der Waals surface area contributed by atoms with Crippen LogP contribution >= 0.6 is 0 Å². The number of nitrogens with two attached hydrogens (primary N) is 1. The number of pyridine rings is 1. The predicted molar refractivity (Wildman–Crippen MR) is 51.2 cm³/mol. The van der Waals surface area contributed by atoms with Crippen LogP contribution < -0.4 is 16.4 Å². The van der Waals surface area contributed by atoms with Gasteiger partial charge >= 0.3 is 0 Å². The van der Waals surface area contributed by atoms with E-state index in [9.17, 15) is 4.79 Å². The fourth-order valence-corrected chi connectivity index (χ4v) is 0.769. The molecule has 0 fully saturated rings. The molecule has 5 nitrogen and oxygen atoms in total. The Labute approximate surface area is 76.3 Å². The van der Waals surface area contributed by atoms with Crippen LogP contribution in [0, 0.1) is 0 Å². The summed E-state index contributed by atoms with van der Waals surface area (Å²) in [4.78, 5) is 14.8. The standard InChI is InChI=1S/C8H12N4O/c1-10-8(13)5-12-7-3-2-6(9)4-11-7/h2-4H,5,9H2,1H3,(H,10,13)(H,11,12). The van der Waals surface area contributed by atoms with Crippen molar-refractivity contribution in [2.45, 2.75) is 0 Å². The molecule has 0 aliphatic carbocycles. The molecule has 0 saturated heterocycles. The Balaban J connectivity index is 2.46. The minimum Gasteiger partial charge on any atom is -0.397 e. The molecule has 1 amide bonds. The van der Waals surface area contributed by atoms with Crippen molar-refractivity contribution in [2.24, 2.45) is 0 Å². The molecule has 13 heavy (non-hydrogen) atoms. The van der Waals surface area contributed by atoms with Gasteiger partial charge in [0.25, 0.3) is 0 Å². The van der Waals surface area contributed by atoms with Gasteiger partial charge in [0.15, 0.2) is 0 Å². The summed E-state index contributed by atoms with van der Waals surface area (Å²) in [6, 6.07) is 3.44. The lowest BCUT2D eigenvalue weighted by molar-refractivity contribution is -0.118. The number of rotatable bonds is 3. The first-order valence-corrected chi connectivity index (χ1v) is 3.88. The number of hydrogen-bond donors (Lipinski definition) is 3. The molecule has 4 N–H and O–H groups in total. The molecule has 0 aliphatic rings. The van der Waals surface area contributed by atoms with Gasteiger partial charge in [0.2, 0.25) is 5.91 Å². The fourth-order valence-electron chi connectivity index (χ4n) is 0.769. The van der Waals surface area contributed by atoms with E-state index in [0.29, 0.717) is 11.5 Å². The normalized spacial score (nSPS) is 9.31. The molecule has 1 heterocycles. The molecule has 0 aromatic carbocycles. The average Bonchev–Trinajstić information content (AvgIpc) is 2.16. The summed E-state index contributed by atoms with van der Waals surface area (Å²) in [5, 5.41) is 5.34. The molecule has 0 atom stereocenters. The van der Waals surface area contributed by atoms with Crippen LogP contribution in [0.3, 0.4) is 0 Å². The highest BCUT2D eigenvalue weighted by Gasteiger charge is 1.97. The summed E-state index contributed by atoms with van der Waals surface area (Å²) < 4.78 is 0. The monoisotopic (exact) mass is 180 g/mol. The summed E-state index contributed by atoms with van der Waals surface area (Å²) in [5.74, 6) is 0.552. The summed E-state index contributed by atoms with van der Waals surface area (Å²) in [5.41, 5.74) is 6.04. The molecule has 5 heteroatoms. The minimum atomic E-state index is -0.0846. The van der Waals surface area contributed by atoms with Crippen LogP contribution in [0.2, 0.25) is 0 Å². The van der Waals surface area contributed by atoms with Crippen molar-refractivity contribution in [3.63, 3.8) is 0 Å². The number of hydrogen-bond acceptors (Lipinski definition) is 4. The quantitative estimate of drug-likeness (QED) is 0.603. The van der Waals surface area contributed by atoms with Gasteiger partial charge in [0, 0.05) is 7.05 Å². The van der Waals surface area contributed by atoms with Crippen molar-refractivity contribution < 1.29 is 4.79 Å². The van der Waals surface area contributed by atoms with E-state index < -0.39 is 0 Å². The Bertz CT molecular complexity index is 283. The zero-order valence-electron chi connectivity index (χ0n) is 7.37. The highest BCUT2D eigenvalue weighted by molar-refractivity contribution is 5.80. The number of anilines is 2. The van der Waals surface area contributed by atoms with E-state index >= 15 is 0 Å². The molecule has 0 spiro atoms. The summed E-state index contributed by atoms with van der Waals surface area (Å²) in [6.07, 6.45) is 1.53. The van der Waals surface area contributed by atoms with Crippen molar-refractivity contribution in [3.8, 4) is 0 Å². The van der Waals surface area contributed by atoms with Crippen LogP contribution in [-0.2, 0) is 4.79 Å². The Morgan fingerprint density at radius 3 is 2.92 bits per heavy atom. The van der Waals surface area contributed by atoms with E-state index in [1.54, 1.807) is 19.2 Å². The van der Waals surface area contributed by atoms with Crippen LogP contribution in [0.25, 0.3) is 0 Å². The number of nitrogen functional groups attached to an aromatic ring is 1. The van der Waals surface area contributed by atoms with Crippen molar-refractivity contribution in [1.29, 1.82) is 0 Å². The van der Waals surface area contributed by atoms with E-state index in [1.807, 2.05) is 0 Å². The zero-order chi connectivity index (χ0) is 9.68. The molecule has 1 aromatic rings. The van der Waals surface area contributed by atoms with Crippen molar-refractivity contribution in [2.75, 3.05) is 24.6 Å². The topological polar surface area (TPSA) is 80.0 Å². The van der Waals surface area contributed by atoms with Crippen molar-refractivity contribution in [1.82, 2.24) is 10.3 Å². The third kappa shape index (κ3) is 2.98. The van der Waals surface area contributed by atoms with Gasteiger partial charge in [0.1, 0.15) is 5.82 Å². The van der Waals surface area contributed by atoms with Crippen LogP contribution in [0.5, 0.6) is 0 Å². The number of carbonyl (C=O) groups excluding carboxylic acids is 1. The maximum absolute atomic E-state index is 10.8. The van der Waals surface area contributed by atoms with Crippen LogP contribution in [0.1, 0.15) is 0 Å². The third-order valence-electron chi connectivity index (χ3n) is 1.50. The molecule has 1 rings (SSSR count). The summed E-state index contributed by atoms with van der Waals surface area (Å²) in [7, 11) is 1.58. The maximum atomic E-state index is 10.8. The van der Waals surface area contributed by atoms with E-state index in [4.69, 9.17) is 5.73 Å². The number of likely N-dealkylation sites (N-methyl/N-ethyl adjacent to an activating group) is 1. The Kier molecular flexibility index (Phi) is 3.08. The molecule has 0 unspecified atom stereocenters. The largest absolute Gasteiger partial charge is 0.397 e. The van der Waals surface area contributed by atoms with Gasteiger partial charge in [-0.15, -0.1) is 0 Å². The first-order valence-electron chi connectivity index (χ1n) is 3.88. The number of amides is 1. The van der Waals surface area contributed by atoms with Gasteiger partial charge < -0.3 is 16.4 Å². The average molecular weight is 180 g/mol. The van der Waals surface area contributed by atoms with Gasteiger partial charge in [0.05, 0.1) is 18.4 Å². The smallest absolute Gasteiger partial charge is 0.239 e. The van der Waals surface area contributed by atoms with Crippen LogP contribution in [0.4, 0.5) is 11.5 Å². The first-order chi connectivity index (χ1) is 6.22. The molecule has 70 valence electrons. The first kappa shape index (κ1) is 9.31. The van der Waals surface area contributed by atoms with E-state index in [-0.39, 0.29) is 12.5 Å². The summed E-state index contributed by atoms with van der Waals surface area (Å²) in [6.45, 7) is 0.216. The second-order valence-corrected chi connectivity index (χ2v) is 2.50. The third-order valence-corrected chi connectivity index (χ3v) is 1.50. The minimum absolute atomic E-state index is 0.0846. The lowest BCUT2D eigenvalue weighted by Crippen LogP contribution is -2.26. The van der Waals surface area contributed by atoms with Gasteiger partial charge in [-0.2, -0.15) is 0 Å². The van der Waals surface area contributed by atoms with Gasteiger partial charge in [-0.1, -0.05) is 0 Å². The van der Waals surface area contributed by atoms with E-state index in [1.165, 1.54) is 6.20 Å². The van der Waals surface area contributed by atoms with E-state index in [2.05, 4.69) is 15.6 Å². The zero-order valence-corrected chi connectivity index (χ0v) is 7.37. The SMILES string of the molecule is CNC(=O)CNc1ccc(N)cn1. The van der Waals surface area contributed by atoms with Gasteiger partial charge in [-0.25, -0.2) is 4.98 Å². The number of carbonyl (C=O) groups is 1. The number of nitrogens with one attached hydrogen (secondary N) is 2. The van der Waals surface area contributed by atoms with Crippen molar-refractivity contribution in [3.05, 3.63) is 18.3 Å². The second kappa shape index (κ2) is 4.30. The number of aromatic nitrogens is 1. The highest BCUT2D eigenvalue weighted by atomic mass is 16.1. The van der Waals surface area contributed by atoms with E-state index in [0.717, 1.165) is 0 Å². The molecular weight excluding hydrogens is 168 g/mol. The summed E-state index contributed by atoms with van der Waals surface area (Å²) >= 11 is 0. The molecule has 0 radical (unpaired) electrons. The molecule has 1 aromatic heterocycles. The lowest BCUT2D eigenvalue weighted by atomic mass is 10.4. The molecule has 0 saturated carbocycles. The van der Waals surface area contributed by atoms with Crippen LogP contribution in [-0.4, -0.2) is 24.5 Å². The molecular formula is C8H12N4O. The van der Waals surface area contributed by atoms with Gasteiger partial charge in [-0.05, 0) is 12.1 Å². The lowest BCUT2D eigenvalue weighted by Gasteiger charge is -2.03. The Morgan fingerprint density at radius 2 is 2.38 bits per heavy atom. The molecule has 0 aliphatic heterocycles. The van der Waals surface area contributed by atoms with Crippen LogP contribution in [0.15, 0.2) is 18.3 Å². The Morgan fingerprint density at radius 1 is 1.62 bits per heavy atom. The Hall–Kier alpha value is -1.78. The van der Waals surface area contributed by atoms with Gasteiger partial charge in [-0.3, -0.25) is 4.79 Å². The maximum Gasteiger partial charge on any atom is 0.239 e. The van der Waals surface area contributed by atoms with Crippen molar-refractivity contribution >= 4 is 17.4 Å². The number of nitrogens with zero attached hydrogens (tertiary/aromatic N) is 1. The predicted octanol–water partition coefficient (Wildman–Crippen LogP) is -0.178. The highest BCUT2D eigenvalue weighted by Crippen LogP contribution is 2.04.